The highest BCUT2D eigenvalue weighted by atomic mass is 16.6. The summed E-state index contributed by atoms with van der Waals surface area (Å²) in [6, 6.07) is 11.2. The van der Waals surface area contributed by atoms with Gasteiger partial charge in [-0.05, 0) is 43.2 Å². The van der Waals surface area contributed by atoms with Gasteiger partial charge in [-0.3, -0.25) is 4.90 Å². The van der Waals surface area contributed by atoms with Crippen LogP contribution in [0.2, 0.25) is 0 Å². The summed E-state index contributed by atoms with van der Waals surface area (Å²) in [6.45, 7) is 2.63. The van der Waals surface area contributed by atoms with Crippen molar-refractivity contribution in [3.8, 4) is 17.2 Å². The van der Waals surface area contributed by atoms with Crippen LogP contribution in [0.25, 0.3) is 10.9 Å². The molecule has 3 aliphatic rings. The largest absolute Gasteiger partial charge is 0.497 e. The molecule has 4 heterocycles. The van der Waals surface area contributed by atoms with Crippen LogP contribution in [-0.2, 0) is 4.74 Å². The van der Waals surface area contributed by atoms with Crippen LogP contribution >= 0.6 is 0 Å². The van der Waals surface area contributed by atoms with Gasteiger partial charge in [0.05, 0.1) is 30.5 Å². The molecule has 2 saturated heterocycles. The number of rotatable bonds is 5. The molecule has 6 rings (SSSR count). The molecule has 2 aromatic carbocycles. The monoisotopic (exact) mass is 492 g/mol. The SMILES string of the molecule is COc1ccc2ncnc(N3CCC(O)(C[C@H]4CN(c5ccc6c(c5)OCCO6)C(=O)O4)CC3)c2c1. The number of piperidine rings is 1. The highest BCUT2D eigenvalue weighted by Crippen LogP contribution is 2.38. The maximum absolute atomic E-state index is 12.6. The number of methoxy groups -OCH3 is 1. The molecule has 10 nitrogen and oxygen atoms in total. The summed E-state index contributed by atoms with van der Waals surface area (Å²) in [6.07, 6.45) is 2.22. The predicted molar refractivity (Wildman–Crippen MR) is 132 cm³/mol. The molecule has 0 saturated carbocycles. The Hall–Kier alpha value is -3.79. The molecule has 2 fully saturated rings. The quantitative estimate of drug-likeness (QED) is 0.575. The lowest BCUT2D eigenvalue weighted by molar-refractivity contribution is -0.0220. The van der Waals surface area contributed by atoms with E-state index in [0.29, 0.717) is 69.3 Å². The minimum Gasteiger partial charge on any atom is -0.497 e. The topological polar surface area (TPSA) is 106 Å². The van der Waals surface area contributed by atoms with Crippen LogP contribution < -0.4 is 24.0 Å². The van der Waals surface area contributed by atoms with Crippen molar-refractivity contribution in [3.05, 3.63) is 42.7 Å². The Kier molecular flexibility index (Phi) is 5.67. The van der Waals surface area contributed by atoms with E-state index in [9.17, 15) is 9.90 Å². The lowest BCUT2D eigenvalue weighted by Crippen LogP contribution is -2.47. The summed E-state index contributed by atoms with van der Waals surface area (Å²) < 4.78 is 22.2. The summed E-state index contributed by atoms with van der Waals surface area (Å²) in [5.74, 6) is 2.87. The van der Waals surface area contributed by atoms with Crippen molar-refractivity contribution in [3.63, 3.8) is 0 Å². The van der Waals surface area contributed by atoms with Crippen LogP contribution in [0.1, 0.15) is 19.3 Å². The van der Waals surface area contributed by atoms with Gasteiger partial charge < -0.3 is 29.0 Å². The fourth-order valence-corrected chi connectivity index (χ4v) is 5.20. The van der Waals surface area contributed by atoms with Crippen molar-refractivity contribution in [1.82, 2.24) is 9.97 Å². The number of nitrogens with zero attached hydrogens (tertiary/aromatic N) is 4. The molecule has 1 atom stereocenters. The molecule has 1 aromatic heterocycles. The average molecular weight is 493 g/mol. The third-order valence-corrected chi connectivity index (χ3v) is 7.13. The van der Waals surface area contributed by atoms with Gasteiger partial charge in [0, 0.05) is 31.0 Å². The fraction of sp³-hybridized carbons (Fsp3) is 0.423. The highest BCUT2D eigenvalue weighted by Gasteiger charge is 2.41. The average Bonchev–Trinajstić information content (AvgIpc) is 3.27. The number of fused-ring (bicyclic) bond motifs is 2. The number of anilines is 2. The molecular formula is C26H28N4O6. The van der Waals surface area contributed by atoms with E-state index in [1.807, 2.05) is 24.3 Å². The van der Waals surface area contributed by atoms with E-state index in [-0.39, 0.29) is 0 Å². The van der Waals surface area contributed by atoms with Crippen LogP contribution in [0.3, 0.4) is 0 Å². The van der Waals surface area contributed by atoms with Crippen molar-refractivity contribution in [2.75, 3.05) is 49.8 Å². The van der Waals surface area contributed by atoms with E-state index in [2.05, 4.69) is 14.9 Å². The summed E-state index contributed by atoms with van der Waals surface area (Å²) in [4.78, 5) is 25.3. The van der Waals surface area contributed by atoms with Gasteiger partial charge >= 0.3 is 6.09 Å². The van der Waals surface area contributed by atoms with Crippen LogP contribution in [0.5, 0.6) is 17.2 Å². The third-order valence-electron chi connectivity index (χ3n) is 7.13. The molecular weight excluding hydrogens is 464 g/mol. The number of carbonyl (C=O) groups is 1. The van der Waals surface area contributed by atoms with Crippen LogP contribution in [-0.4, -0.2) is 72.8 Å². The number of aromatic nitrogens is 2. The number of benzene rings is 2. The molecule has 0 spiro atoms. The van der Waals surface area contributed by atoms with Gasteiger partial charge in [0.25, 0.3) is 0 Å². The second-order valence-corrected chi connectivity index (χ2v) is 9.44. The molecule has 10 heteroatoms. The lowest BCUT2D eigenvalue weighted by Gasteiger charge is -2.39. The molecule has 0 aliphatic carbocycles. The molecule has 1 amide bonds. The Morgan fingerprint density at radius 3 is 2.69 bits per heavy atom. The van der Waals surface area contributed by atoms with Crippen molar-refractivity contribution in [2.24, 2.45) is 0 Å². The Balaban J connectivity index is 1.12. The predicted octanol–water partition coefficient (Wildman–Crippen LogP) is 3.16. The standard InChI is InChI=1S/C26H28N4O6/c1-33-18-3-4-21-20(13-18)24(28-16-27-21)29-8-6-26(32,7-9-29)14-19-15-30(25(31)36-19)17-2-5-22-23(12-17)35-11-10-34-22/h2-5,12-13,16,19,32H,6-11,14-15H2,1H3/t19-/m0/s1. The van der Waals surface area contributed by atoms with E-state index in [1.54, 1.807) is 30.5 Å². The zero-order valence-corrected chi connectivity index (χ0v) is 20.1. The normalized spacial score (nSPS) is 20.9. The number of amides is 1. The fourth-order valence-electron chi connectivity index (χ4n) is 5.20. The van der Waals surface area contributed by atoms with Crippen molar-refractivity contribution >= 4 is 28.5 Å². The molecule has 0 bridgehead atoms. The summed E-state index contributed by atoms with van der Waals surface area (Å²) in [5, 5.41) is 12.3. The number of hydrogen-bond acceptors (Lipinski definition) is 9. The first-order valence-electron chi connectivity index (χ1n) is 12.2. The minimum absolute atomic E-state index is 0.376. The van der Waals surface area contributed by atoms with E-state index < -0.39 is 17.8 Å². The summed E-state index contributed by atoms with van der Waals surface area (Å²) in [7, 11) is 1.64. The second-order valence-electron chi connectivity index (χ2n) is 9.44. The first kappa shape index (κ1) is 22.7. The van der Waals surface area contributed by atoms with Crippen LogP contribution in [0.15, 0.2) is 42.7 Å². The van der Waals surface area contributed by atoms with E-state index in [4.69, 9.17) is 18.9 Å². The van der Waals surface area contributed by atoms with E-state index in [1.165, 1.54) is 0 Å². The van der Waals surface area contributed by atoms with Gasteiger partial charge in [-0.2, -0.15) is 0 Å². The zero-order valence-electron chi connectivity index (χ0n) is 20.1. The van der Waals surface area contributed by atoms with E-state index >= 15 is 0 Å². The maximum Gasteiger partial charge on any atom is 0.414 e. The number of ether oxygens (including phenoxy) is 4. The lowest BCUT2D eigenvalue weighted by atomic mass is 9.86. The Morgan fingerprint density at radius 2 is 1.89 bits per heavy atom. The van der Waals surface area contributed by atoms with Crippen LogP contribution in [0.4, 0.5) is 16.3 Å². The first-order valence-corrected chi connectivity index (χ1v) is 12.2. The first-order chi connectivity index (χ1) is 17.5. The van der Waals surface area contributed by atoms with E-state index in [0.717, 1.165) is 22.5 Å². The maximum atomic E-state index is 12.6. The zero-order chi connectivity index (χ0) is 24.7. The van der Waals surface area contributed by atoms with Gasteiger partial charge in [-0.25, -0.2) is 14.8 Å². The van der Waals surface area contributed by atoms with Gasteiger partial charge in [-0.15, -0.1) is 0 Å². The minimum atomic E-state index is -0.926. The smallest absolute Gasteiger partial charge is 0.414 e. The molecule has 3 aliphatic heterocycles. The van der Waals surface area contributed by atoms with Crippen molar-refractivity contribution in [1.29, 1.82) is 0 Å². The highest BCUT2D eigenvalue weighted by molar-refractivity contribution is 5.91. The van der Waals surface area contributed by atoms with Crippen LogP contribution in [0, 0.1) is 0 Å². The number of carbonyl (C=O) groups excluding carboxylic acids is 1. The van der Waals surface area contributed by atoms with Crippen molar-refractivity contribution < 1.29 is 28.8 Å². The van der Waals surface area contributed by atoms with Gasteiger partial charge in [0.1, 0.15) is 37.2 Å². The Labute approximate surface area is 208 Å². The van der Waals surface area contributed by atoms with Crippen molar-refractivity contribution in [2.45, 2.75) is 31.0 Å². The van der Waals surface area contributed by atoms with Gasteiger partial charge in [-0.1, -0.05) is 0 Å². The second kappa shape index (κ2) is 9.02. The molecule has 36 heavy (non-hydrogen) atoms. The molecule has 1 N–H and O–H groups in total. The molecule has 0 radical (unpaired) electrons. The summed E-state index contributed by atoms with van der Waals surface area (Å²) in [5.41, 5.74) is 0.614. The number of aliphatic hydroxyl groups is 1. The van der Waals surface area contributed by atoms with Gasteiger partial charge in [0.2, 0.25) is 0 Å². The summed E-state index contributed by atoms with van der Waals surface area (Å²) >= 11 is 0. The molecule has 188 valence electrons. The molecule has 0 unspecified atom stereocenters. The third kappa shape index (κ3) is 4.21. The Bertz CT molecular complexity index is 1290. The molecule has 3 aromatic rings. The number of hydrogen-bond donors (Lipinski definition) is 1. The Morgan fingerprint density at radius 1 is 1.08 bits per heavy atom. The number of cyclic esters (lactones) is 1. The van der Waals surface area contributed by atoms with Gasteiger partial charge in [0.15, 0.2) is 11.5 Å².